The van der Waals surface area contributed by atoms with Gasteiger partial charge in [-0.2, -0.15) is 0 Å². The van der Waals surface area contributed by atoms with Gasteiger partial charge < -0.3 is 25.2 Å². The zero-order valence-corrected chi connectivity index (χ0v) is 11.3. The van der Waals surface area contributed by atoms with Crippen molar-refractivity contribution in [2.45, 2.75) is 50.7 Å². The highest BCUT2D eigenvalue weighted by Gasteiger charge is 2.43. The van der Waals surface area contributed by atoms with Gasteiger partial charge in [-0.15, -0.1) is 0 Å². The van der Waals surface area contributed by atoms with Crippen LogP contribution in [0.2, 0.25) is 0 Å². The molecule has 0 aliphatic heterocycles. The number of carbonyl (C=O) groups excluding carboxylic acids is 2. The molecular formula is C12H22O7. The molecule has 7 heteroatoms. The third kappa shape index (κ3) is 4.54. The fraction of sp³-hybridized carbons (Fsp3) is 0.833. The molecule has 0 spiro atoms. The number of aliphatic hydroxyl groups excluding tert-OH is 2. The third-order valence-electron chi connectivity index (χ3n) is 2.80. The minimum absolute atomic E-state index is 0.0824. The van der Waals surface area contributed by atoms with Gasteiger partial charge in [0.05, 0.1) is 13.2 Å². The zero-order chi connectivity index (χ0) is 15.1. The highest BCUT2D eigenvalue weighted by molar-refractivity contribution is 5.93. The molecule has 7 nitrogen and oxygen atoms in total. The maximum Gasteiger partial charge on any atom is 0.348 e. The molecular weight excluding hydrogens is 256 g/mol. The number of hydrogen-bond acceptors (Lipinski definition) is 7. The van der Waals surface area contributed by atoms with Crippen molar-refractivity contribution in [3.05, 3.63) is 0 Å². The van der Waals surface area contributed by atoms with Gasteiger partial charge in [0.15, 0.2) is 11.2 Å². The lowest BCUT2D eigenvalue weighted by atomic mass is 9.98. The molecule has 0 aromatic heterocycles. The van der Waals surface area contributed by atoms with E-state index in [1.54, 1.807) is 13.8 Å². The van der Waals surface area contributed by atoms with Crippen LogP contribution in [-0.2, 0) is 14.3 Å². The van der Waals surface area contributed by atoms with Gasteiger partial charge in [-0.1, -0.05) is 26.7 Å². The van der Waals surface area contributed by atoms with E-state index in [0.29, 0.717) is 12.8 Å². The fourth-order valence-electron chi connectivity index (χ4n) is 1.59. The predicted octanol–water partition coefficient (Wildman–Crippen LogP) is -0.897. The quantitative estimate of drug-likeness (QED) is 0.335. The highest BCUT2D eigenvalue weighted by atomic mass is 16.6. The van der Waals surface area contributed by atoms with Crippen LogP contribution in [-0.4, -0.2) is 56.8 Å². The van der Waals surface area contributed by atoms with Gasteiger partial charge in [-0.3, -0.25) is 0 Å². The van der Waals surface area contributed by atoms with E-state index in [4.69, 9.17) is 10.2 Å². The van der Waals surface area contributed by atoms with E-state index in [1.807, 2.05) is 0 Å². The van der Waals surface area contributed by atoms with Crippen molar-refractivity contribution >= 4 is 11.9 Å². The molecule has 4 N–H and O–H groups in total. The van der Waals surface area contributed by atoms with Crippen LogP contribution in [0.25, 0.3) is 0 Å². The van der Waals surface area contributed by atoms with Gasteiger partial charge in [-0.25, -0.2) is 9.59 Å². The normalized spacial score (nSPS) is 17.4. The Hall–Kier alpha value is -1.02. The molecule has 0 radical (unpaired) electrons. The van der Waals surface area contributed by atoms with E-state index in [9.17, 15) is 19.8 Å². The Bertz CT molecular complexity index is 287. The van der Waals surface area contributed by atoms with E-state index in [0.717, 1.165) is 0 Å². The first kappa shape index (κ1) is 18.0. The molecule has 112 valence electrons. The Balaban J connectivity index is 4.84. The number of esters is 2. The van der Waals surface area contributed by atoms with Crippen molar-refractivity contribution in [1.29, 1.82) is 0 Å². The molecule has 0 bridgehead atoms. The summed E-state index contributed by atoms with van der Waals surface area (Å²) in [5.41, 5.74) is -4.35. The van der Waals surface area contributed by atoms with E-state index in [-0.39, 0.29) is 12.8 Å². The topological polar surface area (TPSA) is 124 Å². The second-order valence-corrected chi connectivity index (χ2v) is 4.56. The standard InChI is InChI=1S/C12H22O7/c1-3-5-11(17,7-13)9(15)19-10(16)12(18,8-14)6-4-2/h13-14,17-18H,3-8H2,1-2H3. The zero-order valence-electron chi connectivity index (χ0n) is 11.3. The number of rotatable bonds is 8. The lowest BCUT2D eigenvalue weighted by Crippen LogP contribution is -2.50. The van der Waals surface area contributed by atoms with E-state index in [1.165, 1.54) is 0 Å². The summed E-state index contributed by atoms with van der Waals surface area (Å²) in [5, 5.41) is 37.5. The Kier molecular flexibility index (Phi) is 7.14. The predicted molar refractivity (Wildman–Crippen MR) is 65.0 cm³/mol. The summed E-state index contributed by atoms with van der Waals surface area (Å²) in [4.78, 5) is 23.2. The molecule has 0 aliphatic carbocycles. The van der Waals surface area contributed by atoms with Crippen molar-refractivity contribution in [1.82, 2.24) is 0 Å². The van der Waals surface area contributed by atoms with Gasteiger partial charge in [0.25, 0.3) is 0 Å². The minimum Gasteiger partial charge on any atom is -0.393 e. The van der Waals surface area contributed by atoms with Crippen LogP contribution in [0.4, 0.5) is 0 Å². The Morgan fingerprint density at radius 1 is 0.895 bits per heavy atom. The van der Waals surface area contributed by atoms with Gasteiger partial charge in [0, 0.05) is 0 Å². The number of carbonyl (C=O) groups is 2. The summed E-state index contributed by atoms with van der Waals surface area (Å²) in [6.45, 7) is 1.57. The molecule has 0 saturated carbocycles. The van der Waals surface area contributed by atoms with Crippen molar-refractivity contribution in [3.8, 4) is 0 Å². The molecule has 0 aliphatic rings. The van der Waals surface area contributed by atoms with Crippen LogP contribution in [0.1, 0.15) is 39.5 Å². The number of hydrogen-bond donors (Lipinski definition) is 4. The monoisotopic (exact) mass is 278 g/mol. The van der Waals surface area contributed by atoms with E-state index < -0.39 is 36.4 Å². The molecule has 0 aromatic carbocycles. The molecule has 0 rings (SSSR count). The van der Waals surface area contributed by atoms with Crippen molar-refractivity contribution in [3.63, 3.8) is 0 Å². The first-order chi connectivity index (χ1) is 8.79. The lowest BCUT2D eigenvalue weighted by molar-refractivity contribution is -0.190. The van der Waals surface area contributed by atoms with Gasteiger partial charge in [0.1, 0.15) is 0 Å². The third-order valence-corrected chi connectivity index (χ3v) is 2.80. The Morgan fingerprint density at radius 2 is 1.21 bits per heavy atom. The Labute approximate surface area is 111 Å². The molecule has 2 atom stereocenters. The molecule has 19 heavy (non-hydrogen) atoms. The van der Waals surface area contributed by atoms with Crippen molar-refractivity contribution < 1.29 is 34.8 Å². The maximum atomic E-state index is 11.6. The molecule has 2 unspecified atom stereocenters. The largest absolute Gasteiger partial charge is 0.393 e. The molecule has 0 aromatic rings. The summed E-state index contributed by atoms with van der Waals surface area (Å²) in [6.07, 6.45) is 0.612. The number of aliphatic hydroxyl groups is 4. The average molecular weight is 278 g/mol. The molecule has 0 fully saturated rings. The lowest BCUT2D eigenvalue weighted by Gasteiger charge is -2.26. The smallest absolute Gasteiger partial charge is 0.348 e. The van der Waals surface area contributed by atoms with Gasteiger partial charge >= 0.3 is 11.9 Å². The summed E-state index contributed by atoms with van der Waals surface area (Å²) in [5.74, 6) is -2.66. The minimum atomic E-state index is -2.17. The van der Waals surface area contributed by atoms with Crippen molar-refractivity contribution in [2.75, 3.05) is 13.2 Å². The van der Waals surface area contributed by atoms with Crippen LogP contribution < -0.4 is 0 Å². The number of ether oxygens (including phenoxy) is 1. The second kappa shape index (κ2) is 7.54. The van der Waals surface area contributed by atoms with Crippen LogP contribution >= 0.6 is 0 Å². The first-order valence-corrected chi connectivity index (χ1v) is 6.22. The fourth-order valence-corrected chi connectivity index (χ4v) is 1.59. The summed E-state index contributed by atoms with van der Waals surface area (Å²) in [7, 11) is 0. The molecule has 0 heterocycles. The summed E-state index contributed by atoms with van der Waals surface area (Å²) in [6, 6.07) is 0. The highest BCUT2D eigenvalue weighted by Crippen LogP contribution is 2.19. The van der Waals surface area contributed by atoms with Crippen LogP contribution in [0.15, 0.2) is 0 Å². The van der Waals surface area contributed by atoms with E-state index >= 15 is 0 Å². The van der Waals surface area contributed by atoms with E-state index in [2.05, 4.69) is 4.74 Å². The van der Waals surface area contributed by atoms with Crippen LogP contribution in [0, 0.1) is 0 Å². The maximum absolute atomic E-state index is 11.6. The first-order valence-electron chi connectivity index (χ1n) is 6.22. The van der Waals surface area contributed by atoms with Crippen LogP contribution in [0.5, 0.6) is 0 Å². The second-order valence-electron chi connectivity index (χ2n) is 4.56. The van der Waals surface area contributed by atoms with Gasteiger partial charge in [0.2, 0.25) is 0 Å². The summed E-state index contributed by atoms with van der Waals surface area (Å²) >= 11 is 0. The average Bonchev–Trinajstić information content (AvgIpc) is 2.38. The summed E-state index contributed by atoms with van der Waals surface area (Å²) < 4.78 is 4.37. The molecule has 0 saturated heterocycles. The molecule has 0 amide bonds. The van der Waals surface area contributed by atoms with Gasteiger partial charge in [-0.05, 0) is 12.8 Å². The van der Waals surface area contributed by atoms with Crippen molar-refractivity contribution in [2.24, 2.45) is 0 Å². The SMILES string of the molecule is CCCC(O)(CO)C(=O)OC(=O)C(O)(CO)CCC. The van der Waals surface area contributed by atoms with Crippen LogP contribution in [0.3, 0.4) is 0 Å². The Morgan fingerprint density at radius 3 is 1.42 bits per heavy atom.